The highest BCUT2D eigenvalue weighted by molar-refractivity contribution is 5.97. The molecule has 3 aromatic rings. The van der Waals surface area contributed by atoms with Crippen LogP contribution >= 0.6 is 0 Å². The topological polar surface area (TPSA) is 116 Å². The van der Waals surface area contributed by atoms with Gasteiger partial charge in [0.05, 0.1) is 13.2 Å². The fraction of sp³-hybridized carbons (Fsp3) is 0.290. The number of rotatable bonds is 10. The molecule has 0 saturated carbocycles. The third-order valence-corrected chi connectivity index (χ3v) is 5.99. The zero-order valence-electron chi connectivity index (χ0n) is 24.5. The van der Waals surface area contributed by atoms with Crippen molar-refractivity contribution in [1.29, 1.82) is 0 Å². The molecule has 0 bridgehead atoms. The number of hydrogen-bond donors (Lipinski definition) is 1. The van der Waals surface area contributed by atoms with Crippen molar-refractivity contribution in [3.05, 3.63) is 112 Å². The second kappa shape index (κ2) is 13.8. The summed E-state index contributed by atoms with van der Waals surface area (Å²) >= 11 is 0. The molecule has 3 rings (SSSR count). The van der Waals surface area contributed by atoms with Gasteiger partial charge >= 0.3 is 12.1 Å². The second-order valence-corrected chi connectivity index (χ2v) is 10.4. The van der Waals surface area contributed by atoms with Crippen LogP contribution in [0.5, 0.6) is 5.75 Å². The van der Waals surface area contributed by atoms with E-state index >= 15 is 0 Å². The maximum absolute atomic E-state index is 14.2. The lowest BCUT2D eigenvalue weighted by molar-refractivity contribution is 0.0511. The summed E-state index contributed by atoms with van der Waals surface area (Å²) in [5.74, 6) is -4.32. The van der Waals surface area contributed by atoms with Crippen molar-refractivity contribution in [3.8, 4) is 5.75 Å². The maximum atomic E-state index is 14.2. The van der Waals surface area contributed by atoms with Gasteiger partial charge in [-0.2, -0.15) is 0 Å². The Morgan fingerprint density at radius 2 is 1.79 bits per heavy atom. The maximum Gasteiger partial charge on any atom is 0.430 e. The van der Waals surface area contributed by atoms with Crippen LogP contribution in [0.2, 0.25) is 0 Å². The molecule has 0 fully saturated rings. The highest BCUT2D eigenvalue weighted by Crippen LogP contribution is 2.22. The quantitative estimate of drug-likeness (QED) is 0.262. The molecule has 228 valence electrons. The third kappa shape index (κ3) is 8.06. The van der Waals surface area contributed by atoms with Crippen molar-refractivity contribution < 1.29 is 37.4 Å². The number of esters is 1. The van der Waals surface area contributed by atoms with E-state index in [-0.39, 0.29) is 12.2 Å². The Kier molecular flexibility index (Phi) is 10.4. The molecule has 2 aromatic carbocycles. The van der Waals surface area contributed by atoms with Crippen molar-refractivity contribution >= 4 is 18.0 Å². The fourth-order valence-corrected chi connectivity index (χ4v) is 3.85. The van der Waals surface area contributed by atoms with Gasteiger partial charge in [-0.25, -0.2) is 28.1 Å². The minimum Gasteiger partial charge on any atom is -0.482 e. The molecule has 10 nitrogen and oxygen atoms in total. The standard InChI is InChI=1S/C31H33F2N3O7/c1-7-19(2)36(30(40)43-31(3,4)5)35-17-23(28(38)34-16-21-13-14-22(32)15-24(21)33)26(37)27(25(35)29(39)41-6)42-18-20-11-9-8-10-12-20/h7-15,17,19H,1,16,18H2,2-6H3,(H,34,38). The van der Waals surface area contributed by atoms with Crippen LogP contribution in [-0.2, 0) is 22.6 Å². The van der Waals surface area contributed by atoms with Gasteiger partial charge in [-0.3, -0.25) is 9.59 Å². The zero-order valence-corrected chi connectivity index (χ0v) is 24.5. The van der Waals surface area contributed by atoms with Crippen LogP contribution in [0.15, 0.2) is 72.2 Å². The van der Waals surface area contributed by atoms with E-state index < -0.39 is 70.2 Å². The molecule has 43 heavy (non-hydrogen) atoms. The van der Waals surface area contributed by atoms with Crippen LogP contribution < -0.4 is 20.5 Å². The van der Waals surface area contributed by atoms with Gasteiger partial charge in [0.25, 0.3) is 5.91 Å². The first-order chi connectivity index (χ1) is 20.3. The van der Waals surface area contributed by atoms with Crippen molar-refractivity contribution in [2.45, 2.75) is 52.5 Å². The molecule has 1 atom stereocenters. The first kappa shape index (κ1) is 32.5. The number of nitrogens with one attached hydrogen (secondary N) is 1. The SMILES string of the molecule is C=CC(C)N(C(=O)OC(C)(C)C)n1cc(C(=O)NCc2ccc(F)cc2F)c(=O)c(OCc2ccccc2)c1C(=O)OC. The molecule has 1 N–H and O–H groups in total. The fourth-order valence-electron chi connectivity index (χ4n) is 3.85. The monoisotopic (exact) mass is 597 g/mol. The Labute approximate surface area is 247 Å². The Hall–Kier alpha value is -5.00. The van der Waals surface area contributed by atoms with E-state index in [2.05, 4.69) is 11.9 Å². The van der Waals surface area contributed by atoms with Crippen LogP contribution in [0, 0.1) is 11.6 Å². The average Bonchev–Trinajstić information content (AvgIpc) is 2.95. The van der Waals surface area contributed by atoms with E-state index in [1.165, 1.54) is 6.08 Å². The number of benzene rings is 2. The van der Waals surface area contributed by atoms with Gasteiger partial charge in [-0.1, -0.05) is 42.5 Å². The van der Waals surface area contributed by atoms with E-state index in [9.17, 15) is 28.0 Å². The molecule has 0 aliphatic rings. The van der Waals surface area contributed by atoms with Gasteiger partial charge in [0.15, 0.2) is 5.69 Å². The number of amides is 2. The van der Waals surface area contributed by atoms with Crippen LogP contribution in [0.4, 0.5) is 13.6 Å². The summed E-state index contributed by atoms with van der Waals surface area (Å²) in [6, 6.07) is 10.7. The smallest absolute Gasteiger partial charge is 0.430 e. The first-order valence-corrected chi connectivity index (χ1v) is 13.2. The van der Waals surface area contributed by atoms with Crippen LogP contribution in [0.1, 0.15) is 59.7 Å². The van der Waals surface area contributed by atoms with E-state index in [0.29, 0.717) is 11.6 Å². The average molecular weight is 598 g/mol. The highest BCUT2D eigenvalue weighted by atomic mass is 19.1. The Balaban J connectivity index is 2.23. The molecule has 1 aromatic heterocycles. The molecule has 2 amide bonds. The predicted octanol–water partition coefficient (Wildman–Crippen LogP) is 4.87. The van der Waals surface area contributed by atoms with Crippen molar-refractivity contribution in [2.24, 2.45) is 0 Å². The van der Waals surface area contributed by atoms with Gasteiger partial charge in [-0.15, -0.1) is 6.58 Å². The first-order valence-electron chi connectivity index (χ1n) is 13.2. The second-order valence-electron chi connectivity index (χ2n) is 10.4. The van der Waals surface area contributed by atoms with Gasteiger partial charge in [0.2, 0.25) is 11.2 Å². The minimum absolute atomic E-state index is 0.0440. The van der Waals surface area contributed by atoms with Crippen molar-refractivity contribution in [2.75, 3.05) is 12.1 Å². The van der Waals surface area contributed by atoms with Crippen LogP contribution in [0.3, 0.4) is 0 Å². The van der Waals surface area contributed by atoms with E-state index in [1.54, 1.807) is 58.0 Å². The van der Waals surface area contributed by atoms with Crippen molar-refractivity contribution in [3.63, 3.8) is 0 Å². The van der Waals surface area contributed by atoms with Gasteiger partial charge < -0.3 is 19.5 Å². The highest BCUT2D eigenvalue weighted by Gasteiger charge is 2.34. The molecular formula is C31H33F2N3O7. The number of pyridine rings is 1. The third-order valence-electron chi connectivity index (χ3n) is 5.99. The summed E-state index contributed by atoms with van der Waals surface area (Å²) in [5, 5.41) is 3.38. The number of ether oxygens (including phenoxy) is 3. The summed E-state index contributed by atoms with van der Waals surface area (Å²) in [5.41, 5.74) is -2.42. The van der Waals surface area contributed by atoms with Gasteiger partial charge in [0, 0.05) is 24.4 Å². The number of carbonyl (C=O) groups excluding carboxylic acids is 3. The molecule has 0 saturated heterocycles. The largest absolute Gasteiger partial charge is 0.482 e. The van der Waals surface area contributed by atoms with E-state index in [4.69, 9.17) is 14.2 Å². The molecule has 0 radical (unpaired) electrons. The summed E-state index contributed by atoms with van der Waals surface area (Å²) in [7, 11) is 1.07. The molecule has 0 aliphatic heterocycles. The minimum atomic E-state index is -1.05. The number of methoxy groups -OCH3 is 1. The van der Waals surface area contributed by atoms with Gasteiger partial charge in [0.1, 0.15) is 29.4 Å². The molecule has 0 spiro atoms. The number of carbonyl (C=O) groups is 3. The zero-order chi connectivity index (χ0) is 31.9. The summed E-state index contributed by atoms with van der Waals surface area (Å²) in [4.78, 5) is 53.7. The normalized spacial score (nSPS) is 11.7. The number of halogens is 2. The van der Waals surface area contributed by atoms with E-state index in [1.807, 2.05) is 0 Å². The number of hydrogen-bond acceptors (Lipinski definition) is 7. The van der Waals surface area contributed by atoms with Crippen LogP contribution in [-0.4, -0.2) is 41.4 Å². The van der Waals surface area contributed by atoms with E-state index in [0.717, 1.165) is 35.1 Å². The molecule has 1 unspecified atom stereocenters. The lowest BCUT2D eigenvalue weighted by Crippen LogP contribution is -2.51. The molecule has 0 aliphatic carbocycles. The Morgan fingerprint density at radius 3 is 2.37 bits per heavy atom. The molecule has 12 heteroatoms. The molecule has 1 heterocycles. The van der Waals surface area contributed by atoms with Crippen LogP contribution in [0.25, 0.3) is 0 Å². The predicted molar refractivity (Wildman–Crippen MR) is 154 cm³/mol. The van der Waals surface area contributed by atoms with Crippen molar-refractivity contribution in [1.82, 2.24) is 9.99 Å². The summed E-state index contributed by atoms with van der Waals surface area (Å²) in [6.45, 7) is 9.60. The number of nitrogens with zero attached hydrogens (tertiary/aromatic N) is 2. The summed E-state index contributed by atoms with van der Waals surface area (Å²) < 4.78 is 44.8. The van der Waals surface area contributed by atoms with Gasteiger partial charge in [-0.05, 0) is 39.3 Å². The Bertz CT molecular complexity index is 1570. The lowest BCUT2D eigenvalue weighted by Gasteiger charge is -2.33. The Morgan fingerprint density at radius 1 is 1.12 bits per heavy atom. The number of aromatic nitrogens is 1. The molecular weight excluding hydrogens is 564 g/mol. The summed E-state index contributed by atoms with van der Waals surface area (Å²) in [6.07, 6.45) is 1.40. The lowest BCUT2D eigenvalue weighted by atomic mass is 10.1.